The van der Waals surface area contributed by atoms with Crippen molar-refractivity contribution in [2.45, 2.75) is 77.2 Å². The van der Waals surface area contributed by atoms with Crippen LogP contribution in [0.15, 0.2) is 24.3 Å². The van der Waals surface area contributed by atoms with E-state index in [4.69, 9.17) is 4.74 Å². The van der Waals surface area contributed by atoms with Gasteiger partial charge < -0.3 is 4.74 Å². The van der Waals surface area contributed by atoms with E-state index in [0.717, 1.165) is 51.4 Å². The van der Waals surface area contributed by atoms with E-state index in [-0.39, 0.29) is 18.0 Å². The van der Waals surface area contributed by atoms with Gasteiger partial charge >= 0.3 is 5.97 Å². The lowest BCUT2D eigenvalue weighted by molar-refractivity contribution is -0.147. The highest BCUT2D eigenvalue weighted by atomic mass is 16.5. The molecule has 1 saturated carbocycles. The minimum absolute atomic E-state index is 0.0946. The third-order valence-corrected chi connectivity index (χ3v) is 4.91. The van der Waals surface area contributed by atoms with Crippen LogP contribution < -0.4 is 0 Å². The quantitative estimate of drug-likeness (QED) is 0.426. The number of Topliss-reactive ketones (excluding diaryl/α,β-unsaturated/α-hetero) is 1. The van der Waals surface area contributed by atoms with E-state index in [1.54, 1.807) is 0 Å². The van der Waals surface area contributed by atoms with E-state index in [1.165, 1.54) is 0 Å². The van der Waals surface area contributed by atoms with Crippen LogP contribution in [0.1, 0.15) is 71.1 Å². The highest BCUT2D eigenvalue weighted by molar-refractivity contribution is 5.83. The Kier molecular flexibility index (Phi) is 7.57. The Morgan fingerprint density at radius 3 is 2.83 bits per heavy atom. The molecule has 0 saturated heterocycles. The van der Waals surface area contributed by atoms with Crippen LogP contribution in [0.3, 0.4) is 0 Å². The van der Waals surface area contributed by atoms with Crippen molar-refractivity contribution in [3.05, 3.63) is 24.3 Å². The molecule has 1 unspecified atom stereocenters. The SMILES string of the molecule is CCCCC[C@@H]1/C=C\C2CCC(=O)[C@@H]2C/C=C\CCCC(=O)O1. The zero-order valence-corrected chi connectivity index (χ0v) is 14.3. The summed E-state index contributed by atoms with van der Waals surface area (Å²) in [6, 6.07) is 0. The molecule has 0 N–H and O–H groups in total. The Balaban J connectivity index is 2.05. The van der Waals surface area contributed by atoms with Gasteiger partial charge in [-0.05, 0) is 50.5 Å². The minimum atomic E-state index is -0.126. The maximum absolute atomic E-state index is 12.1. The molecule has 1 aliphatic carbocycles. The van der Waals surface area contributed by atoms with E-state index in [9.17, 15) is 9.59 Å². The average Bonchev–Trinajstić information content (AvgIpc) is 2.88. The fourth-order valence-electron chi connectivity index (χ4n) is 3.48. The molecule has 0 aromatic carbocycles. The van der Waals surface area contributed by atoms with E-state index in [1.807, 2.05) is 6.08 Å². The summed E-state index contributed by atoms with van der Waals surface area (Å²) >= 11 is 0. The van der Waals surface area contributed by atoms with Gasteiger partial charge in [0.2, 0.25) is 0 Å². The van der Waals surface area contributed by atoms with Gasteiger partial charge in [0.25, 0.3) is 0 Å². The molecular formula is C20H30O3. The number of rotatable bonds is 4. The minimum Gasteiger partial charge on any atom is -0.458 e. The number of allylic oxidation sites excluding steroid dienone is 3. The van der Waals surface area contributed by atoms with Crippen LogP contribution in [-0.2, 0) is 14.3 Å². The molecule has 0 spiro atoms. The van der Waals surface area contributed by atoms with Gasteiger partial charge in [-0.25, -0.2) is 0 Å². The fourth-order valence-corrected chi connectivity index (χ4v) is 3.48. The molecule has 3 nitrogen and oxygen atoms in total. The van der Waals surface area contributed by atoms with Crippen molar-refractivity contribution in [1.82, 2.24) is 0 Å². The van der Waals surface area contributed by atoms with Gasteiger partial charge in [-0.15, -0.1) is 0 Å². The number of esters is 1. The molecule has 1 heterocycles. The van der Waals surface area contributed by atoms with Crippen LogP contribution in [0, 0.1) is 11.8 Å². The monoisotopic (exact) mass is 318 g/mol. The van der Waals surface area contributed by atoms with E-state index in [0.29, 0.717) is 24.5 Å². The van der Waals surface area contributed by atoms with Gasteiger partial charge in [0.05, 0.1) is 0 Å². The average molecular weight is 318 g/mol. The maximum atomic E-state index is 12.1. The molecule has 0 radical (unpaired) electrons. The lowest BCUT2D eigenvalue weighted by Gasteiger charge is -2.16. The van der Waals surface area contributed by atoms with Crippen molar-refractivity contribution < 1.29 is 14.3 Å². The summed E-state index contributed by atoms with van der Waals surface area (Å²) in [6.45, 7) is 2.17. The molecule has 3 heteroatoms. The lowest BCUT2D eigenvalue weighted by Crippen LogP contribution is -2.17. The summed E-state index contributed by atoms with van der Waals surface area (Å²) in [5.41, 5.74) is 0. The van der Waals surface area contributed by atoms with E-state index < -0.39 is 0 Å². The predicted octanol–water partition coefficient (Wildman–Crippen LogP) is 4.76. The van der Waals surface area contributed by atoms with Crippen molar-refractivity contribution in [3.8, 4) is 0 Å². The molecule has 0 bridgehead atoms. The van der Waals surface area contributed by atoms with Crippen LogP contribution in [-0.4, -0.2) is 17.9 Å². The first-order valence-electron chi connectivity index (χ1n) is 9.26. The zero-order valence-electron chi connectivity index (χ0n) is 14.3. The van der Waals surface area contributed by atoms with Crippen LogP contribution >= 0.6 is 0 Å². The topological polar surface area (TPSA) is 43.4 Å². The van der Waals surface area contributed by atoms with E-state index >= 15 is 0 Å². The Morgan fingerprint density at radius 1 is 1.13 bits per heavy atom. The van der Waals surface area contributed by atoms with Crippen molar-refractivity contribution in [1.29, 1.82) is 0 Å². The molecule has 0 amide bonds. The number of ketones is 1. The van der Waals surface area contributed by atoms with Crippen LogP contribution in [0.2, 0.25) is 0 Å². The number of unbranched alkanes of at least 4 members (excludes halogenated alkanes) is 2. The second-order valence-electron chi connectivity index (χ2n) is 6.78. The van der Waals surface area contributed by atoms with Crippen LogP contribution in [0.5, 0.6) is 0 Å². The Morgan fingerprint density at radius 2 is 2.00 bits per heavy atom. The van der Waals surface area contributed by atoms with Gasteiger partial charge in [-0.2, -0.15) is 0 Å². The van der Waals surface area contributed by atoms with Gasteiger partial charge in [-0.1, -0.05) is 38.0 Å². The first kappa shape index (κ1) is 18.0. The first-order chi connectivity index (χ1) is 11.2. The number of carbonyl (C=O) groups is 2. The van der Waals surface area contributed by atoms with Crippen LogP contribution in [0.4, 0.5) is 0 Å². The van der Waals surface area contributed by atoms with Crippen molar-refractivity contribution >= 4 is 11.8 Å². The van der Waals surface area contributed by atoms with Gasteiger partial charge in [0.1, 0.15) is 11.9 Å². The maximum Gasteiger partial charge on any atom is 0.306 e. The number of fused-ring (bicyclic) bond motifs is 1. The number of carbonyl (C=O) groups excluding carboxylic acids is 2. The number of cyclic esters (lactones) is 1. The Labute approximate surface area is 140 Å². The fraction of sp³-hybridized carbons (Fsp3) is 0.700. The Bertz CT molecular complexity index is 450. The third-order valence-electron chi connectivity index (χ3n) is 4.91. The molecule has 1 fully saturated rings. The summed E-state index contributed by atoms with van der Waals surface area (Å²) in [5.74, 6) is 0.720. The smallest absolute Gasteiger partial charge is 0.306 e. The molecule has 3 atom stereocenters. The molecule has 2 aliphatic rings. The van der Waals surface area contributed by atoms with Crippen molar-refractivity contribution in [2.24, 2.45) is 11.8 Å². The van der Waals surface area contributed by atoms with Gasteiger partial charge in [-0.3, -0.25) is 9.59 Å². The number of ether oxygens (including phenoxy) is 1. The summed E-state index contributed by atoms with van der Waals surface area (Å²) in [5, 5.41) is 0. The normalized spacial score (nSPS) is 32.1. The predicted molar refractivity (Wildman–Crippen MR) is 92.0 cm³/mol. The number of hydrogen-bond donors (Lipinski definition) is 0. The van der Waals surface area contributed by atoms with Gasteiger partial charge in [0, 0.05) is 18.8 Å². The molecule has 128 valence electrons. The zero-order chi connectivity index (χ0) is 16.5. The van der Waals surface area contributed by atoms with Gasteiger partial charge in [0.15, 0.2) is 0 Å². The lowest BCUT2D eigenvalue weighted by atomic mass is 9.91. The standard InChI is InChI=1S/C20H30O3/c1-2-3-6-9-17-14-12-16-13-15-19(21)18(16)10-7-4-5-8-11-20(22)23-17/h4,7,12,14,16-18H,2-3,5-6,8-11,13,15H2,1H3/b7-4-,14-12-/t16?,17-,18-/m1/s1. The molecule has 23 heavy (non-hydrogen) atoms. The summed E-state index contributed by atoms with van der Waals surface area (Å²) in [6.07, 6.45) is 17.2. The third kappa shape index (κ3) is 5.96. The second kappa shape index (κ2) is 9.69. The highest BCUT2D eigenvalue weighted by Crippen LogP contribution is 2.33. The number of hydrogen-bond acceptors (Lipinski definition) is 3. The molecule has 1 aliphatic heterocycles. The highest BCUT2D eigenvalue weighted by Gasteiger charge is 2.32. The first-order valence-corrected chi connectivity index (χ1v) is 9.26. The summed E-state index contributed by atoms with van der Waals surface area (Å²) in [7, 11) is 0. The molecule has 0 aromatic rings. The van der Waals surface area contributed by atoms with E-state index in [2.05, 4.69) is 25.2 Å². The second-order valence-corrected chi connectivity index (χ2v) is 6.78. The van der Waals surface area contributed by atoms with Crippen molar-refractivity contribution in [3.63, 3.8) is 0 Å². The van der Waals surface area contributed by atoms with Crippen LogP contribution in [0.25, 0.3) is 0 Å². The van der Waals surface area contributed by atoms with Crippen molar-refractivity contribution in [2.75, 3.05) is 0 Å². The molecule has 2 rings (SSSR count). The largest absolute Gasteiger partial charge is 0.458 e. The summed E-state index contributed by atoms with van der Waals surface area (Å²) in [4.78, 5) is 24.1. The summed E-state index contributed by atoms with van der Waals surface area (Å²) < 4.78 is 5.65. The molecular weight excluding hydrogens is 288 g/mol. The Hall–Kier alpha value is -1.38. The molecule has 0 aromatic heterocycles.